The van der Waals surface area contributed by atoms with Crippen LogP contribution in [-0.2, 0) is 4.74 Å². The van der Waals surface area contributed by atoms with Gasteiger partial charge in [0.05, 0.1) is 15.4 Å². The third-order valence-electron chi connectivity index (χ3n) is 4.71. The van der Waals surface area contributed by atoms with Gasteiger partial charge in [0.2, 0.25) is 0 Å². The molecule has 1 nitrogen and oxygen atoms in total. The maximum absolute atomic E-state index is 6.65. The lowest BCUT2D eigenvalue weighted by molar-refractivity contribution is 0.194. The molecule has 4 rings (SSSR count). The molecule has 7 atom stereocenters. The van der Waals surface area contributed by atoms with E-state index in [1.165, 1.54) is 0 Å². The normalized spacial score (nSPS) is 64.4. The van der Waals surface area contributed by atoms with Crippen molar-refractivity contribution in [2.75, 3.05) is 0 Å². The smallest absolute Gasteiger partial charge is 0.185 e. The summed E-state index contributed by atoms with van der Waals surface area (Å²) >= 11 is 51.3. The Labute approximate surface area is 149 Å². The molecule has 1 heterocycles. The topological polar surface area (TPSA) is 12.5 Å². The first-order valence-corrected chi connectivity index (χ1v) is 8.47. The van der Waals surface area contributed by atoms with Crippen molar-refractivity contribution >= 4 is 92.8 Å². The van der Waals surface area contributed by atoms with Gasteiger partial charge in [-0.3, -0.25) is 0 Å². The summed E-state index contributed by atoms with van der Waals surface area (Å²) in [4.78, 5) is -2.70. The van der Waals surface area contributed by atoms with E-state index in [1.54, 1.807) is 0 Å². The Morgan fingerprint density at radius 1 is 0.842 bits per heavy atom. The molecule has 0 aromatic rings. The number of ether oxygens (including phenoxy) is 1. The molecule has 2 bridgehead atoms. The van der Waals surface area contributed by atoms with Gasteiger partial charge in [-0.05, 0) is 0 Å². The highest BCUT2D eigenvalue weighted by molar-refractivity contribution is 6.66. The molecule has 106 valence electrons. The molecule has 0 N–H and O–H groups in total. The molecule has 2 saturated carbocycles. The minimum atomic E-state index is -1.58. The highest BCUT2D eigenvalue weighted by atomic mass is 35.5. The largest absolute Gasteiger partial charge is 0.347 e. The molecule has 9 heteroatoms. The van der Waals surface area contributed by atoms with Gasteiger partial charge >= 0.3 is 0 Å². The fraction of sp³-hybridized carbons (Fsp3) is 0.800. The van der Waals surface area contributed by atoms with Crippen molar-refractivity contribution in [2.24, 2.45) is 11.8 Å². The Kier molecular flexibility index (Phi) is 2.75. The van der Waals surface area contributed by atoms with Gasteiger partial charge < -0.3 is 4.74 Å². The second-order valence-corrected chi connectivity index (χ2v) is 9.65. The van der Waals surface area contributed by atoms with Crippen LogP contribution in [0.25, 0.3) is 0 Å². The van der Waals surface area contributed by atoms with E-state index in [-0.39, 0.29) is 22.1 Å². The SMILES string of the molecule is ClC1=C(Cl)[C@]2(Cl)C3C4OC4(Cl)C(Cl)C3[C@@]1(Cl)C2(Cl)Cl. The number of epoxide rings is 1. The second kappa shape index (κ2) is 3.57. The molecule has 5 unspecified atom stereocenters. The number of hydrogen-bond acceptors (Lipinski definition) is 1. The zero-order chi connectivity index (χ0) is 14.2. The summed E-state index contributed by atoms with van der Waals surface area (Å²) < 4.78 is 3.88. The maximum Gasteiger partial charge on any atom is 0.185 e. The second-order valence-electron chi connectivity index (χ2n) is 5.32. The van der Waals surface area contributed by atoms with Gasteiger partial charge in [0.15, 0.2) is 9.39 Å². The van der Waals surface area contributed by atoms with E-state index in [4.69, 9.17) is 97.5 Å². The maximum atomic E-state index is 6.65. The van der Waals surface area contributed by atoms with Gasteiger partial charge in [0.25, 0.3) is 0 Å². The summed E-state index contributed by atoms with van der Waals surface area (Å²) in [6.07, 6.45) is -0.379. The van der Waals surface area contributed by atoms with Crippen LogP contribution in [0.15, 0.2) is 10.1 Å². The van der Waals surface area contributed by atoms with Crippen molar-refractivity contribution in [3.05, 3.63) is 10.1 Å². The number of rotatable bonds is 0. The minimum absolute atomic E-state index is 0.143. The van der Waals surface area contributed by atoms with Crippen LogP contribution in [0.4, 0.5) is 0 Å². The molecule has 0 amide bonds. The molecular weight excluding hydrogens is 420 g/mol. The van der Waals surface area contributed by atoms with E-state index >= 15 is 0 Å². The van der Waals surface area contributed by atoms with E-state index in [9.17, 15) is 0 Å². The van der Waals surface area contributed by atoms with Crippen LogP contribution in [0.3, 0.4) is 0 Å². The van der Waals surface area contributed by atoms with E-state index in [1.807, 2.05) is 0 Å². The monoisotopic (exact) mass is 420 g/mol. The van der Waals surface area contributed by atoms with Crippen molar-refractivity contribution in [3.8, 4) is 0 Å². The fourth-order valence-corrected chi connectivity index (χ4v) is 7.80. The summed E-state index contributed by atoms with van der Waals surface area (Å²) in [5, 5.41) is -1.29. The third kappa shape index (κ3) is 1.16. The van der Waals surface area contributed by atoms with Crippen molar-refractivity contribution in [3.63, 3.8) is 0 Å². The molecule has 4 aliphatic rings. The van der Waals surface area contributed by atoms with E-state index < -0.39 is 30.4 Å². The number of allylic oxidation sites excluding steroid dienone is 2. The van der Waals surface area contributed by atoms with Crippen LogP contribution in [-0.4, -0.2) is 30.6 Å². The molecule has 0 spiro atoms. The Morgan fingerprint density at radius 3 is 1.84 bits per heavy atom. The molecular formula is C10H4Cl8O. The predicted molar refractivity (Wildman–Crippen MR) is 80.4 cm³/mol. The van der Waals surface area contributed by atoms with Crippen LogP contribution >= 0.6 is 92.8 Å². The summed E-state index contributed by atoms with van der Waals surface area (Å²) in [6.45, 7) is 0. The van der Waals surface area contributed by atoms with Crippen molar-refractivity contribution < 1.29 is 4.74 Å². The lowest BCUT2D eigenvalue weighted by Crippen LogP contribution is -2.47. The van der Waals surface area contributed by atoms with Gasteiger partial charge in [-0.15, -0.1) is 34.8 Å². The van der Waals surface area contributed by atoms with Crippen LogP contribution in [0.2, 0.25) is 0 Å². The fourth-order valence-electron chi connectivity index (χ4n) is 3.79. The summed E-state index contributed by atoms with van der Waals surface area (Å²) in [6, 6.07) is 0. The van der Waals surface area contributed by atoms with E-state index in [2.05, 4.69) is 0 Å². The Balaban J connectivity index is 2.00. The van der Waals surface area contributed by atoms with E-state index in [0.717, 1.165) is 0 Å². The highest BCUT2D eigenvalue weighted by Gasteiger charge is 2.92. The average Bonchev–Trinajstić information content (AvgIpc) is 2.90. The van der Waals surface area contributed by atoms with Crippen LogP contribution in [0.5, 0.6) is 0 Å². The first-order valence-electron chi connectivity index (χ1n) is 5.39. The molecule has 0 radical (unpaired) electrons. The minimum Gasteiger partial charge on any atom is -0.347 e. The Morgan fingerprint density at radius 2 is 1.32 bits per heavy atom. The third-order valence-corrected chi connectivity index (χ3v) is 10.2. The van der Waals surface area contributed by atoms with Gasteiger partial charge in [0.1, 0.15) is 15.9 Å². The van der Waals surface area contributed by atoms with Gasteiger partial charge in [-0.2, -0.15) is 0 Å². The van der Waals surface area contributed by atoms with Crippen LogP contribution < -0.4 is 0 Å². The van der Waals surface area contributed by atoms with E-state index in [0.29, 0.717) is 0 Å². The quantitative estimate of drug-likeness (QED) is 0.394. The molecule has 0 aromatic heterocycles. The first-order chi connectivity index (χ1) is 8.56. The molecule has 0 aromatic carbocycles. The van der Waals surface area contributed by atoms with Gasteiger partial charge in [-0.25, -0.2) is 0 Å². The molecule has 1 saturated heterocycles. The zero-order valence-electron chi connectivity index (χ0n) is 8.74. The highest BCUT2D eigenvalue weighted by Crippen LogP contribution is 2.83. The van der Waals surface area contributed by atoms with Crippen molar-refractivity contribution in [2.45, 2.75) is 30.6 Å². The zero-order valence-corrected chi connectivity index (χ0v) is 14.8. The number of hydrogen-bond donors (Lipinski definition) is 0. The first kappa shape index (κ1) is 14.6. The standard InChI is InChI=1S/C10H4Cl8O/c11-3-1-2(6-9(3,16)19-6)8(15)5(13)4(12)7(1,14)10(8,17)18/h1-3,6H/t1?,2?,3?,6?,7-,8+,9?/m0/s1. The lowest BCUT2D eigenvalue weighted by Gasteiger charge is -2.35. The molecule has 3 fully saturated rings. The molecule has 3 aliphatic carbocycles. The summed E-state index contributed by atoms with van der Waals surface area (Å²) in [5.41, 5.74) is 0. The lowest BCUT2D eigenvalue weighted by atomic mass is 9.83. The summed E-state index contributed by atoms with van der Waals surface area (Å²) in [5.74, 6) is -0.786. The van der Waals surface area contributed by atoms with Crippen molar-refractivity contribution in [1.82, 2.24) is 0 Å². The Bertz CT molecular complexity index is 520. The molecule has 1 aliphatic heterocycles. The Hall–Kier alpha value is 2.02. The van der Waals surface area contributed by atoms with Crippen molar-refractivity contribution in [1.29, 1.82) is 0 Å². The van der Waals surface area contributed by atoms with Gasteiger partial charge in [0, 0.05) is 11.8 Å². The van der Waals surface area contributed by atoms with Crippen LogP contribution in [0.1, 0.15) is 0 Å². The number of halogens is 8. The number of fused-ring (bicyclic) bond motifs is 7. The summed E-state index contributed by atoms with van der Waals surface area (Å²) in [7, 11) is 0. The van der Waals surface area contributed by atoms with Gasteiger partial charge in [-0.1, -0.05) is 58.0 Å². The van der Waals surface area contributed by atoms with Crippen LogP contribution in [0, 0.1) is 11.8 Å². The number of alkyl halides is 6. The average molecular weight is 424 g/mol. The molecule has 19 heavy (non-hydrogen) atoms. The predicted octanol–water partition coefficient (Wildman–Crippen LogP) is 5.02.